The standard InChI is InChI=1S/C15H20O5/c1-18-11-12-20-15(17)8-7-14(16)19-10-9-13-5-3-2-4-6-13/h2-6H,7-12H2,1H3. The molecule has 20 heavy (non-hydrogen) atoms. The van der Waals surface area contributed by atoms with E-state index in [1.807, 2.05) is 30.3 Å². The highest BCUT2D eigenvalue weighted by Gasteiger charge is 2.08. The quantitative estimate of drug-likeness (QED) is 0.509. The van der Waals surface area contributed by atoms with E-state index < -0.39 is 5.97 Å². The first-order valence-electron chi connectivity index (χ1n) is 6.56. The molecule has 110 valence electrons. The minimum atomic E-state index is -0.415. The minimum absolute atomic E-state index is 0.0356. The van der Waals surface area contributed by atoms with Gasteiger partial charge in [-0.3, -0.25) is 9.59 Å². The van der Waals surface area contributed by atoms with Gasteiger partial charge in [-0.1, -0.05) is 30.3 Å². The number of rotatable bonds is 9. The maximum absolute atomic E-state index is 11.4. The third kappa shape index (κ3) is 7.53. The Kier molecular flexibility index (Phi) is 8.07. The van der Waals surface area contributed by atoms with Crippen molar-refractivity contribution in [2.45, 2.75) is 19.3 Å². The van der Waals surface area contributed by atoms with Crippen LogP contribution in [-0.2, 0) is 30.2 Å². The van der Waals surface area contributed by atoms with E-state index in [0.29, 0.717) is 19.6 Å². The van der Waals surface area contributed by atoms with Gasteiger partial charge in [-0.25, -0.2) is 0 Å². The first kappa shape index (κ1) is 16.2. The molecule has 1 rings (SSSR count). The van der Waals surface area contributed by atoms with E-state index in [0.717, 1.165) is 5.56 Å². The number of carbonyl (C=O) groups is 2. The third-order valence-corrected chi connectivity index (χ3v) is 2.58. The molecule has 5 heteroatoms. The number of ether oxygens (including phenoxy) is 3. The fourth-order valence-electron chi connectivity index (χ4n) is 1.51. The number of esters is 2. The van der Waals surface area contributed by atoms with Crippen molar-refractivity contribution < 1.29 is 23.8 Å². The Morgan fingerprint density at radius 3 is 2.10 bits per heavy atom. The van der Waals surface area contributed by atoms with E-state index in [-0.39, 0.29) is 25.4 Å². The van der Waals surface area contributed by atoms with Crippen LogP contribution in [0.15, 0.2) is 30.3 Å². The summed E-state index contributed by atoms with van der Waals surface area (Å²) in [5.41, 5.74) is 1.11. The van der Waals surface area contributed by atoms with Crippen LogP contribution >= 0.6 is 0 Å². The Hall–Kier alpha value is -1.88. The highest BCUT2D eigenvalue weighted by Crippen LogP contribution is 2.01. The summed E-state index contributed by atoms with van der Waals surface area (Å²) in [6, 6.07) is 9.76. The molecule has 0 aliphatic rings. The lowest BCUT2D eigenvalue weighted by Gasteiger charge is -2.05. The van der Waals surface area contributed by atoms with E-state index in [2.05, 4.69) is 0 Å². The summed E-state index contributed by atoms with van der Waals surface area (Å²) in [5, 5.41) is 0. The zero-order chi connectivity index (χ0) is 14.6. The molecule has 0 bridgehead atoms. The van der Waals surface area contributed by atoms with Gasteiger partial charge in [0.15, 0.2) is 0 Å². The Bertz CT molecular complexity index is 402. The fraction of sp³-hybridized carbons (Fsp3) is 0.467. The summed E-state index contributed by atoms with van der Waals surface area (Å²) >= 11 is 0. The molecule has 0 saturated heterocycles. The van der Waals surface area contributed by atoms with Crippen LogP contribution in [0.2, 0.25) is 0 Å². The topological polar surface area (TPSA) is 61.8 Å². The van der Waals surface area contributed by atoms with E-state index in [9.17, 15) is 9.59 Å². The van der Waals surface area contributed by atoms with Gasteiger partial charge in [0.25, 0.3) is 0 Å². The van der Waals surface area contributed by atoms with Crippen LogP contribution in [-0.4, -0.2) is 38.9 Å². The first-order chi connectivity index (χ1) is 9.72. The summed E-state index contributed by atoms with van der Waals surface area (Å²) in [6.45, 7) is 0.882. The van der Waals surface area contributed by atoms with Gasteiger partial charge in [-0.15, -0.1) is 0 Å². The Labute approximate surface area is 118 Å². The maximum Gasteiger partial charge on any atom is 0.306 e. The SMILES string of the molecule is COCCOC(=O)CCC(=O)OCCc1ccccc1. The average Bonchev–Trinajstić information content (AvgIpc) is 2.46. The molecule has 0 radical (unpaired) electrons. The summed E-state index contributed by atoms with van der Waals surface area (Å²) in [5.74, 6) is -0.799. The molecule has 0 atom stereocenters. The highest BCUT2D eigenvalue weighted by molar-refractivity contribution is 5.77. The van der Waals surface area contributed by atoms with Gasteiger partial charge in [0.1, 0.15) is 6.61 Å². The number of methoxy groups -OCH3 is 1. The van der Waals surface area contributed by atoms with Crippen LogP contribution in [0, 0.1) is 0 Å². The van der Waals surface area contributed by atoms with E-state index in [1.165, 1.54) is 7.11 Å². The van der Waals surface area contributed by atoms with Crippen molar-refractivity contribution in [1.82, 2.24) is 0 Å². The van der Waals surface area contributed by atoms with E-state index in [4.69, 9.17) is 14.2 Å². The van der Waals surface area contributed by atoms with Crippen LogP contribution in [0.3, 0.4) is 0 Å². The van der Waals surface area contributed by atoms with Crippen LogP contribution in [0.25, 0.3) is 0 Å². The Morgan fingerprint density at radius 1 is 0.900 bits per heavy atom. The van der Waals surface area contributed by atoms with E-state index in [1.54, 1.807) is 0 Å². The molecule has 0 spiro atoms. The molecule has 0 aromatic heterocycles. The minimum Gasteiger partial charge on any atom is -0.465 e. The van der Waals surface area contributed by atoms with Crippen molar-refractivity contribution in [2.75, 3.05) is 26.9 Å². The zero-order valence-electron chi connectivity index (χ0n) is 11.7. The lowest BCUT2D eigenvalue weighted by atomic mass is 10.2. The van der Waals surface area contributed by atoms with E-state index >= 15 is 0 Å². The number of hydrogen-bond acceptors (Lipinski definition) is 5. The number of hydrogen-bond donors (Lipinski definition) is 0. The molecular formula is C15H20O5. The van der Waals surface area contributed by atoms with Crippen molar-refractivity contribution in [3.05, 3.63) is 35.9 Å². The molecule has 0 aliphatic carbocycles. The maximum atomic E-state index is 11.4. The summed E-state index contributed by atoms with van der Waals surface area (Å²) in [7, 11) is 1.53. The second-order valence-corrected chi connectivity index (χ2v) is 4.17. The average molecular weight is 280 g/mol. The zero-order valence-corrected chi connectivity index (χ0v) is 11.7. The van der Waals surface area contributed by atoms with Crippen molar-refractivity contribution in [3.8, 4) is 0 Å². The van der Waals surface area contributed by atoms with Gasteiger partial charge >= 0.3 is 11.9 Å². The van der Waals surface area contributed by atoms with Crippen molar-refractivity contribution in [2.24, 2.45) is 0 Å². The van der Waals surface area contributed by atoms with Gasteiger partial charge in [-0.2, -0.15) is 0 Å². The molecule has 0 N–H and O–H groups in total. The summed E-state index contributed by atoms with van der Waals surface area (Å²) in [4.78, 5) is 22.6. The van der Waals surface area contributed by atoms with Gasteiger partial charge in [0.2, 0.25) is 0 Å². The first-order valence-corrected chi connectivity index (χ1v) is 6.56. The molecule has 0 unspecified atom stereocenters. The summed E-state index contributed by atoms with van der Waals surface area (Å²) in [6.07, 6.45) is 0.749. The Morgan fingerprint density at radius 2 is 1.50 bits per heavy atom. The van der Waals surface area contributed by atoms with Crippen molar-refractivity contribution in [1.29, 1.82) is 0 Å². The monoisotopic (exact) mass is 280 g/mol. The van der Waals surface area contributed by atoms with Crippen LogP contribution < -0.4 is 0 Å². The molecular weight excluding hydrogens is 260 g/mol. The normalized spacial score (nSPS) is 10.1. The number of benzene rings is 1. The predicted octanol–water partition coefficient (Wildman–Crippen LogP) is 1.74. The van der Waals surface area contributed by atoms with Gasteiger partial charge in [-0.05, 0) is 5.56 Å². The largest absolute Gasteiger partial charge is 0.465 e. The second kappa shape index (κ2) is 9.97. The molecule has 1 aromatic carbocycles. The second-order valence-electron chi connectivity index (χ2n) is 4.17. The molecule has 0 fully saturated rings. The smallest absolute Gasteiger partial charge is 0.306 e. The molecule has 0 aliphatic heterocycles. The molecule has 5 nitrogen and oxygen atoms in total. The molecule has 0 amide bonds. The summed E-state index contributed by atoms with van der Waals surface area (Å²) < 4.78 is 14.6. The third-order valence-electron chi connectivity index (χ3n) is 2.58. The van der Waals surface area contributed by atoms with Gasteiger partial charge in [0, 0.05) is 13.5 Å². The predicted molar refractivity (Wildman–Crippen MR) is 73.2 cm³/mol. The van der Waals surface area contributed by atoms with Crippen LogP contribution in [0.5, 0.6) is 0 Å². The lowest BCUT2D eigenvalue weighted by Crippen LogP contribution is -2.13. The highest BCUT2D eigenvalue weighted by atomic mass is 16.6. The van der Waals surface area contributed by atoms with Crippen LogP contribution in [0.4, 0.5) is 0 Å². The fourth-order valence-corrected chi connectivity index (χ4v) is 1.51. The van der Waals surface area contributed by atoms with Gasteiger partial charge in [0.05, 0.1) is 26.1 Å². The Balaban J connectivity index is 2.07. The van der Waals surface area contributed by atoms with Crippen LogP contribution in [0.1, 0.15) is 18.4 Å². The van der Waals surface area contributed by atoms with Crippen molar-refractivity contribution in [3.63, 3.8) is 0 Å². The molecule has 1 aromatic rings. The molecule has 0 heterocycles. The lowest BCUT2D eigenvalue weighted by molar-refractivity contribution is -0.151. The molecule has 0 saturated carbocycles. The number of carbonyl (C=O) groups excluding carboxylic acids is 2. The van der Waals surface area contributed by atoms with Crippen molar-refractivity contribution >= 4 is 11.9 Å². The van der Waals surface area contributed by atoms with Gasteiger partial charge < -0.3 is 14.2 Å².